The second-order valence-corrected chi connectivity index (χ2v) is 8.71. The number of hydrogen-bond acceptors (Lipinski definition) is 5. The third-order valence-corrected chi connectivity index (χ3v) is 6.27. The predicted molar refractivity (Wildman–Crippen MR) is 112 cm³/mol. The molecule has 0 bridgehead atoms. The lowest BCUT2D eigenvalue weighted by molar-refractivity contribution is 0.0920. The van der Waals surface area contributed by atoms with Gasteiger partial charge in [-0.15, -0.1) is 11.3 Å². The molecule has 1 aromatic carbocycles. The number of hydrogen-bond donors (Lipinski definition) is 1. The van der Waals surface area contributed by atoms with Crippen molar-refractivity contribution >= 4 is 46.3 Å². The van der Waals surface area contributed by atoms with E-state index in [2.05, 4.69) is 22.3 Å². The highest BCUT2D eigenvalue weighted by Crippen LogP contribution is 2.26. The van der Waals surface area contributed by atoms with Gasteiger partial charge in [0.15, 0.2) is 0 Å². The number of ether oxygens (including phenoxy) is 1. The number of carbonyl (C=O) groups excluding carboxylic acids is 2. The molecule has 0 saturated carbocycles. The summed E-state index contributed by atoms with van der Waals surface area (Å²) in [5.41, 5.74) is 2.00. The molecule has 2 aliphatic heterocycles. The number of cyclic esters (lactones) is 1. The minimum Gasteiger partial charge on any atom is -0.442 e. The minimum absolute atomic E-state index is 0.211. The lowest BCUT2D eigenvalue weighted by Crippen LogP contribution is -2.34. The van der Waals surface area contributed by atoms with E-state index in [1.54, 1.807) is 17.0 Å². The smallest absolute Gasteiger partial charge is 0.414 e. The molecule has 1 aromatic heterocycles. The summed E-state index contributed by atoms with van der Waals surface area (Å²) in [5, 5.41) is 2.80. The number of rotatable bonds is 5. The summed E-state index contributed by atoms with van der Waals surface area (Å²) in [6.45, 7) is 2.85. The fourth-order valence-electron chi connectivity index (χ4n) is 3.56. The first-order valence-electron chi connectivity index (χ1n) is 9.47. The summed E-state index contributed by atoms with van der Waals surface area (Å²) in [7, 11) is 0. The van der Waals surface area contributed by atoms with Crippen molar-refractivity contribution in [1.29, 1.82) is 0 Å². The van der Waals surface area contributed by atoms with Gasteiger partial charge in [-0.3, -0.25) is 9.69 Å². The zero-order valence-corrected chi connectivity index (χ0v) is 17.0. The average molecular weight is 420 g/mol. The van der Waals surface area contributed by atoms with Gasteiger partial charge in [-0.05, 0) is 55.7 Å². The zero-order chi connectivity index (χ0) is 19.5. The lowest BCUT2D eigenvalue weighted by Gasteiger charge is -2.29. The molecule has 148 valence electrons. The monoisotopic (exact) mass is 419 g/mol. The van der Waals surface area contributed by atoms with Crippen LogP contribution in [0.3, 0.4) is 0 Å². The first-order valence-corrected chi connectivity index (χ1v) is 10.7. The molecule has 0 unspecified atom stereocenters. The van der Waals surface area contributed by atoms with Crippen molar-refractivity contribution in [2.45, 2.75) is 25.4 Å². The van der Waals surface area contributed by atoms with Gasteiger partial charge in [-0.1, -0.05) is 11.6 Å². The molecular formula is C20H22ClN3O3S. The molecule has 3 heterocycles. The molecule has 1 N–H and O–H groups in total. The van der Waals surface area contributed by atoms with E-state index in [1.807, 2.05) is 12.1 Å². The highest BCUT2D eigenvalue weighted by molar-refractivity contribution is 7.17. The average Bonchev–Trinajstić information content (AvgIpc) is 3.32. The van der Waals surface area contributed by atoms with Crippen LogP contribution in [0.15, 0.2) is 36.4 Å². The van der Waals surface area contributed by atoms with Crippen molar-refractivity contribution in [1.82, 2.24) is 5.32 Å². The number of piperidine rings is 1. The second kappa shape index (κ2) is 8.41. The van der Waals surface area contributed by atoms with Crippen LogP contribution >= 0.6 is 22.9 Å². The fraction of sp³-hybridized carbons (Fsp3) is 0.400. The quantitative estimate of drug-likeness (QED) is 0.790. The first-order chi connectivity index (χ1) is 13.6. The molecule has 8 heteroatoms. The Balaban J connectivity index is 1.33. The van der Waals surface area contributed by atoms with E-state index >= 15 is 0 Å². The van der Waals surface area contributed by atoms with E-state index in [1.165, 1.54) is 36.3 Å². The van der Waals surface area contributed by atoms with Gasteiger partial charge in [0.1, 0.15) is 6.10 Å². The van der Waals surface area contributed by atoms with Crippen molar-refractivity contribution in [3.8, 4) is 0 Å². The molecule has 2 amide bonds. The summed E-state index contributed by atoms with van der Waals surface area (Å²) >= 11 is 7.08. The Morgan fingerprint density at radius 3 is 2.50 bits per heavy atom. The minimum atomic E-state index is -0.385. The highest BCUT2D eigenvalue weighted by atomic mass is 35.5. The number of carbonyl (C=O) groups is 2. The zero-order valence-electron chi connectivity index (χ0n) is 15.4. The van der Waals surface area contributed by atoms with Crippen LogP contribution in [0.4, 0.5) is 16.2 Å². The van der Waals surface area contributed by atoms with E-state index in [0.717, 1.165) is 18.8 Å². The number of nitrogens with one attached hydrogen (secondary N) is 1. The van der Waals surface area contributed by atoms with E-state index < -0.39 is 0 Å². The summed E-state index contributed by atoms with van der Waals surface area (Å²) in [6, 6.07) is 11.4. The third-order valence-electron chi connectivity index (χ3n) is 5.04. The van der Waals surface area contributed by atoms with Crippen molar-refractivity contribution in [3.05, 3.63) is 45.6 Å². The molecule has 28 heavy (non-hydrogen) atoms. The predicted octanol–water partition coefficient (Wildman–Crippen LogP) is 4.15. The number of amides is 2. The maximum atomic E-state index is 12.3. The molecule has 0 radical (unpaired) electrons. The van der Waals surface area contributed by atoms with Gasteiger partial charge < -0.3 is 15.0 Å². The van der Waals surface area contributed by atoms with Crippen LogP contribution < -0.4 is 15.1 Å². The highest BCUT2D eigenvalue weighted by Gasteiger charge is 2.32. The molecule has 6 nitrogen and oxygen atoms in total. The van der Waals surface area contributed by atoms with Crippen LogP contribution in [0.2, 0.25) is 4.34 Å². The van der Waals surface area contributed by atoms with Crippen LogP contribution in [0.5, 0.6) is 0 Å². The summed E-state index contributed by atoms with van der Waals surface area (Å²) in [6.07, 6.45) is 2.99. The summed E-state index contributed by atoms with van der Waals surface area (Å²) < 4.78 is 5.97. The van der Waals surface area contributed by atoms with Gasteiger partial charge in [0.05, 0.1) is 22.3 Å². The van der Waals surface area contributed by atoms with Crippen molar-refractivity contribution < 1.29 is 14.3 Å². The summed E-state index contributed by atoms with van der Waals surface area (Å²) in [4.78, 5) is 28.9. The number of halogens is 1. The second-order valence-electron chi connectivity index (χ2n) is 6.99. The van der Waals surface area contributed by atoms with Crippen molar-refractivity contribution in [2.24, 2.45) is 0 Å². The third kappa shape index (κ3) is 4.25. The largest absolute Gasteiger partial charge is 0.442 e. The van der Waals surface area contributed by atoms with Gasteiger partial charge in [0, 0.05) is 24.5 Å². The van der Waals surface area contributed by atoms with Gasteiger partial charge in [-0.2, -0.15) is 0 Å². The Labute approximate surface area is 173 Å². The van der Waals surface area contributed by atoms with Crippen molar-refractivity contribution in [2.75, 3.05) is 36.0 Å². The van der Waals surface area contributed by atoms with Crippen LogP contribution in [0.25, 0.3) is 0 Å². The normalized spacial score (nSPS) is 19.6. The molecule has 2 fully saturated rings. The van der Waals surface area contributed by atoms with Crippen molar-refractivity contribution in [3.63, 3.8) is 0 Å². The van der Waals surface area contributed by atoms with Crippen LogP contribution in [0.1, 0.15) is 28.9 Å². The van der Waals surface area contributed by atoms with E-state index in [4.69, 9.17) is 16.3 Å². The molecule has 2 aromatic rings. The van der Waals surface area contributed by atoms with E-state index in [9.17, 15) is 9.59 Å². The maximum Gasteiger partial charge on any atom is 0.414 e. The standard InChI is InChI=1S/C20H22ClN3O3S/c21-18-9-8-17(28-18)19(25)22-12-16-13-24(20(26)27-16)15-6-4-14(5-7-15)23-10-2-1-3-11-23/h4-9,16H,1-3,10-13H2,(H,22,25)/t16-/m0/s1. The Morgan fingerprint density at radius 1 is 1.11 bits per heavy atom. The van der Waals surface area contributed by atoms with Gasteiger partial charge in [0.25, 0.3) is 5.91 Å². The fourth-order valence-corrected chi connectivity index (χ4v) is 4.52. The Kier molecular flexibility index (Phi) is 5.73. The van der Waals surface area contributed by atoms with Crippen LogP contribution in [-0.4, -0.2) is 44.3 Å². The maximum absolute atomic E-state index is 12.3. The molecular weight excluding hydrogens is 398 g/mol. The Morgan fingerprint density at radius 2 is 1.82 bits per heavy atom. The Bertz CT molecular complexity index is 849. The van der Waals surface area contributed by atoms with Gasteiger partial charge in [0.2, 0.25) is 0 Å². The lowest BCUT2D eigenvalue weighted by atomic mass is 10.1. The first kappa shape index (κ1) is 19.1. The van der Waals surface area contributed by atoms with E-state index in [0.29, 0.717) is 15.8 Å². The topological polar surface area (TPSA) is 61.9 Å². The van der Waals surface area contributed by atoms with Gasteiger partial charge >= 0.3 is 6.09 Å². The molecule has 2 saturated heterocycles. The van der Waals surface area contributed by atoms with E-state index in [-0.39, 0.29) is 24.6 Å². The number of anilines is 2. The van der Waals surface area contributed by atoms with Gasteiger partial charge in [-0.25, -0.2) is 4.79 Å². The number of nitrogens with zero attached hydrogens (tertiary/aromatic N) is 2. The molecule has 1 atom stereocenters. The summed E-state index contributed by atoms with van der Waals surface area (Å²) in [5.74, 6) is -0.211. The molecule has 2 aliphatic rings. The Hall–Kier alpha value is -2.25. The number of thiophene rings is 1. The molecule has 0 aliphatic carbocycles. The van der Waals surface area contributed by atoms with Crippen LogP contribution in [0, 0.1) is 0 Å². The molecule has 4 rings (SSSR count). The van der Waals surface area contributed by atoms with Crippen LogP contribution in [-0.2, 0) is 4.74 Å². The molecule has 0 spiro atoms. The SMILES string of the molecule is O=C(NC[C@H]1CN(c2ccc(N3CCCCC3)cc2)C(=O)O1)c1ccc(Cl)s1. The number of benzene rings is 1.